The maximum Gasteiger partial charge on any atom is 0.254 e. The molecule has 1 aromatic heterocycles. The van der Waals surface area contributed by atoms with E-state index in [9.17, 15) is 9.59 Å². The molecular formula is C19H24N6O2. The molecule has 1 aromatic carbocycles. The van der Waals surface area contributed by atoms with E-state index in [0.717, 1.165) is 44.8 Å². The van der Waals surface area contributed by atoms with Crippen LogP contribution in [0.2, 0.25) is 0 Å². The number of amides is 2. The fraction of sp³-hybridized carbons (Fsp3) is 0.474. The SMILES string of the molecule is O=C(c1cccc(N2CCCC2=O)c1)N1CCN(CCn2cncn2)CC1. The summed E-state index contributed by atoms with van der Waals surface area (Å²) in [4.78, 5) is 34.8. The predicted molar refractivity (Wildman–Crippen MR) is 100 cm³/mol. The molecule has 0 bridgehead atoms. The molecule has 8 heteroatoms. The Bertz CT molecular complexity index is 798. The molecule has 0 unspecified atom stereocenters. The third-order valence-electron chi connectivity index (χ3n) is 5.25. The topological polar surface area (TPSA) is 74.6 Å². The quantitative estimate of drug-likeness (QED) is 0.783. The highest BCUT2D eigenvalue weighted by atomic mass is 16.2. The van der Waals surface area contributed by atoms with Crippen LogP contribution < -0.4 is 4.90 Å². The largest absolute Gasteiger partial charge is 0.336 e. The standard InChI is InChI=1S/C19H24N6O2/c26-18-5-2-6-25(18)17-4-1-3-16(13-17)19(27)23-10-7-22(8-11-23)9-12-24-15-20-14-21-24/h1,3-4,13-15H,2,5-12H2. The van der Waals surface area contributed by atoms with Crippen molar-refractivity contribution in [1.82, 2.24) is 24.6 Å². The summed E-state index contributed by atoms with van der Waals surface area (Å²) in [5, 5.41) is 4.12. The van der Waals surface area contributed by atoms with Gasteiger partial charge in [0.2, 0.25) is 5.91 Å². The van der Waals surface area contributed by atoms with Gasteiger partial charge in [0, 0.05) is 56.9 Å². The summed E-state index contributed by atoms with van der Waals surface area (Å²) in [5.74, 6) is 0.181. The summed E-state index contributed by atoms with van der Waals surface area (Å²) in [7, 11) is 0. The Kier molecular flexibility index (Phi) is 5.15. The Labute approximate surface area is 158 Å². The van der Waals surface area contributed by atoms with E-state index in [1.165, 1.54) is 0 Å². The lowest BCUT2D eigenvalue weighted by Gasteiger charge is -2.34. The maximum atomic E-state index is 12.9. The normalized spacial score (nSPS) is 18.3. The Morgan fingerprint density at radius 2 is 1.93 bits per heavy atom. The van der Waals surface area contributed by atoms with Gasteiger partial charge in [-0.1, -0.05) is 6.07 Å². The first kappa shape index (κ1) is 17.7. The number of aromatic nitrogens is 3. The number of benzene rings is 1. The molecule has 2 fully saturated rings. The van der Waals surface area contributed by atoms with Crippen molar-refractivity contribution in [3.63, 3.8) is 0 Å². The van der Waals surface area contributed by atoms with Crippen LogP contribution in [-0.4, -0.2) is 75.6 Å². The Balaban J connectivity index is 1.33. The first-order valence-corrected chi connectivity index (χ1v) is 9.45. The molecule has 0 aliphatic carbocycles. The highest BCUT2D eigenvalue weighted by molar-refractivity contribution is 5.99. The third kappa shape index (κ3) is 4.00. The summed E-state index contributed by atoms with van der Waals surface area (Å²) in [6, 6.07) is 7.46. The second-order valence-corrected chi connectivity index (χ2v) is 6.99. The number of carbonyl (C=O) groups is 2. The van der Waals surface area contributed by atoms with Gasteiger partial charge in [-0.3, -0.25) is 19.2 Å². The summed E-state index contributed by atoms with van der Waals surface area (Å²) >= 11 is 0. The van der Waals surface area contributed by atoms with Gasteiger partial charge in [0.15, 0.2) is 0 Å². The fourth-order valence-corrected chi connectivity index (χ4v) is 3.68. The molecule has 2 aromatic rings. The lowest BCUT2D eigenvalue weighted by Crippen LogP contribution is -2.49. The van der Waals surface area contributed by atoms with E-state index in [4.69, 9.17) is 0 Å². The second-order valence-electron chi connectivity index (χ2n) is 6.99. The molecule has 142 valence electrons. The van der Waals surface area contributed by atoms with E-state index in [1.807, 2.05) is 33.8 Å². The number of hydrogen-bond acceptors (Lipinski definition) is 5. The number of anilines is 1. The van der Waals surface area contributed by atoms with Crippen molar-refractivity contribution in [2.24, 2.45) is 0 Å². The van der Waals surface area contributed by atoms with Crippen molar-refractivity contribution in [3.8, 4) is 0 Å². The van der Waals surface area contributed by atoms with Crippen molar-refractivity contribution < 1.29 is 9.59 Å². The van der Waals surface area contributed by atoms with Crippen LogP contribution in [0.5, 0.6) is 0 Å². The van der Waals surface area contributed by atoms with Gasteiger partial charge in [0.25, 0.3) is 5.91 Å². The van der Waals surface area contributed by atoms with E-state index in [0.29, 0.717) is 25.1 Å². The molecule has 2 aliphatic heterocycles. The second kappa shape index (κ2) is 7.87. The van der Waals surface area contributed by atoms with Crippen LogP contribution in [0.15, 0.2) is 36.9 Å². The Morgan fingerprint density at radius 1 is 1.07 bits per heavy atom. The predicted octanol–water partition coefficient (Wildman–Crippen LogP) is 0.863. The van der Waals surface area contributed by atoms with Crippen LogP contribution >= 0.6 is 0 Å². The molecule has 2 saturated heterocycles. The summed E-state index contributed by atoms with van der Waals surface area (Å²) in [6.45, 7) is 5.57. The Morgan fingerprint density at radius 3 is 2.63 bits per heavy atom. The van der Waals surface area contributed by atoms with Crippen molar-refractivity contribution in [2.75, 3.05) is 44.2 Å². The smallest absolute Gasteiger partial charge is 0.254 e. The molecule has 4 rings (SSSR count). The van der Waals surface area contributed by atoms with Gasteiger partial charge < -0.3 is 9.80 Å². The fourth-order valence-electron chi connectivity index (χ4n) is 3.68. The molecule has 27 heavy (non-hydrogen) atoms. The van der Waals surface area contributed by atoms with Crippen molar-refractivity contribution in [3.05, 3.63) is 42.5 Å². The van der Waals surface area contributed by atoms with E-state index in [1.54, 1.807) is 17.6 Å². The molecule has 0 spiro atoms. The summed E-state index contributed by atoms with van der Waals surface area (Å²) < 4.78 is 1.82. The molecule has 2 amide bonds. The molecule has 0 atom stereocenters. The maximum absolute atomic E-state index is 12.9. The van der Waals surface area contributed by atoms with Gasteiger partial charge in [-0.05, 0) is 24.6 Å². The average Bonchev–Trinajstić information content (AvgIpc) is 3.38. The first-order valence-electron chi connectivity index (χ1n) is 9.45. The van der Waals surface area contributed by atoms with E-state index >= 15 is 0 Å². The minimum absolute atomic E-state index is 0.0411. The first-order chi connectivity index (χ1) is 13.2. The third-order valence-corrected chi connectivity index (χ3v) is 5.25. The zero-order chi connectivity index (χ0) is 18.6. The van der Waals surface area contributed by atoms with Gasteiger partial charge in [0.05, 0.1) is 6.54 Å². The molecule has 2 aliphatic rings. The van der Waals surface area contributed by atoms with Crippen LogP contribution in [0.25, 0.3) is 0 Å². The van der Waals surface area contributed by atoms with Gasteiger partial charge in [-0.25, -0.2) is 4.98 Å². The summed E-state index contributed by atoms with van der Waals surface area (Å²) in [5.41, 5.74) is 1.48. The van der Waals surface area contributed by atoms with Gasteiger partial charge in [0.1, 0.15) is 12.7 Å². The monoisotopic (exact) mass is 368 g/mol. The van der Waals surface area contributed by atoms with Gasteiger partial charge in [-0.15, -0.1) is 0 Å². The molecular weight excluding hydrogens is 344 g/mol. The van der Waals surface area contributed by atoms with Crippen LogP contribution in [0.1, 0.15) is 23.2 Å². The minimum Gasteiger partial charge on any atom is -0.336 e. The average molecular weight is 368 g/mol. The number of rotatable bonds is 5. The zero-order valence-electron chi connectivity index (χ0n) is 15.3. The lowest BCUT2D eigenvalue weighted by atomic mass is 10.1. The van der Waals surface area contributed by atoms with Crippen molar-refractivity contribution in [1.29, 1.82) is 0 Å². The summed E-state index contributed by atoms with van der Waals surface area (Å²) in [6.07, 6.45) is 4.74. The number of piperazine rings is 1. The highest BCUT2D eigenvalue weighted by Crippen LogP contribution is 2.23. The highest BCUT2D eigenvalue weighted by Gasteiger charge is 2.25. The van der Waals surface area contributed by atoms with E-state index in [2.05, 4.69) is 15.0 Å². The van der Waals surface area contributed by atoms with E-state index < -0.39 is 0 Å². The van der Waals surface area contributed by atoms with Crippen molar-refractivity contribution in [2.45, 2.75) is 19.4 Å². The molecule has 8 nitrogen and oxygen atoms in total. The molecule has 0 radical (unpaired) electrons. The Hall–Kier alpha value is -2.74. The number of hydrogen-bond donors (Lipinski definition) is 0. The van der Waals surface area contributed by atoms with Crippen LogP contribution in [0.4, 0.5) is 5.69 Å². The van der Waals surface area contributed by atoms with Crippen LogP contribution in [-0.2, 0) is 11.3 Å². The van der Waals surface area contributed by atoms with Crippen molar-refractivity contribution >= 4 is 17.5 Å². The molecule has 3 heterocycles. The van der Waals surface area contributed by atoms with Gasteiger partial charge >= 0.3 is 0 Å². The lowest BCUT2D eigenvalue weighted by molar-refractivity contribution is -0.117. The van der Waals surface area contributed by atoms with Crippen LogP contribution in [0.3, 0.4) is 0 Å². The number of carbonyl (C=O) groups excluding carboxylic acids is 2. The van der Waals surface area contributed by atoms with Gasteiger partial charge in [-0.2, -0.15) is 5.10 Å². The number of nitrogens with zero attached hydrogens (tertiary/aromatic N) is 6. The van der Waals surface area contributed by atoms with Crippen LogP contribution in [0, 0.1) is 0 Å². The molecule has 0 N–H and O–H groups in total. The zero-order valence-corrected chi connectivity index (χ0v) is 15.3. The molecule has 0 saturated carbocycles. The minimum atomic E-state index is 0.0411. The van der Waals surface area contributed by atoms with E-state index in [-0.39, 0.29) is 11.8 Å².